The fourth-order valence-corrected chi connectivity index (χ4v) is 11.0. The largest absolute Gasteiger partial charge is 0.481 e. The van der Waals surface area contributed by atoms with Crippen LogP contribution in [0.1, 0.15) is 154 Å². The zero-order valence-corrected chi connectivity index (χ0v) is 67.6. The molecule has 0 aliphatic heterocycles. The number of nitrogens with zero attached hydrogens (tertiary/aromatic N) is 2. The molecule has 0 radical (unpaired) electrons. The Labute approximate surface area is 719 Å². The molecule has 0 saturated heterocycles. The predicted molar refractivity (Wildman–Crippen MR) is 409 cm³/mol. The number of hydrogen-bond donors (Lipinski definition) is 28. The van der Waals surface area contributed by atoms with Crippen LogP contribution in [-0.4, -0.2) is 370 Å². The molecule has 0 aliphatic rings. The molecular formula is C70H100N14O44. The highest BCUT2D eigenvalue weighted by Gasteiger charge is 2.37. The maximum Gasteiger partial charge on any atom is 0.326 e. The Morgan fingerprint density at radius 3 is 0.398 bits per heavy atom. The van der Waals surface area contributed by atoms with Crippen LogP contribution in [0.5, 0.6) is 0 Å². The van der Waals surface area contributed by atoms with Gasteiger partial charge in [0.15, 0.2) is 0 Å². The minimum atomic E-state index is -2.27. The van der Waals surface area contributed by atoms with E-state index in [4.69, 9.17) is 0 Å². The van der Waals surface area contributed by atoms with E-state index >= 15 is 0 Å². The fourth-order valence-electron chi connectivity index (χ4n) is 11.0. The second-order valence-electron chi connectivity index (χ2n) is 27.9. The number of rotatable bonds is 71. The van der Waals surface area contributed by atoms with Crippen molar-refractivity contribution in [1.82, 2.24) is 73.6 Å². The summed E-state index contributed by atoms with van der Waals surface area (Å²) >= 11 is 0. The Morgan fingerprint density at radius 2 is 0.273 bits per heavy atom. The molecule has 0 aromatic rings. The van der Waals surface area contributed by atoms with E-state index in [9.17, 15) is 216 Å². The smallest absolute Gasteiger partial charge is 0.326 e. The monoisotopic (exact) mass is 1840 g/mol. The Balaban J connectivity index is 9.28. The van der Waals surface area contributed by atoms with Crippen LogP contribution in [-0.2, 0) is 134 Å². The van der Waals surface area contributed by atoms with Crippen molar-refractivity contribution in [2.75, 3.05) is 39.3 Å². The van der Waals surface area contributed by atoms with Gasteiger partial charge in [-0.1, -0.05) is 0 Å². The number of amides is 12. The molecule has 28 N–H and O–H groups in total. The quantitative estimate of drug-likeness (QED) is 0.0269. The zero-order chi connectivity index (χ0) is 97.9. The summed E-state index contributed by atoms with van der Waals surface area (Å²) in [5.74, 6) is -45.6. The SMILES string of the molecule is O=C(O)CCC(NC(=O)CCC(NC(=O)CN(CCN(CC(=O)NC(CCC(=O)NC(CCC(=O)O)C(=O)O)C(=O)NC(CCC(=O)O)C(=O)O)CC(=O)NC(CCC(=O)NC(CCC(=O)O)C(=O)O)C(=O)NC(CCC(=O)O)C(=O)O)CC(=O)NC(CCC(=O)NC(CCC(=O)O)C(=O)O)C(=O)NC(CCC(=O)O)C(=O)O)C(=O)NC(CCC(=O)O)C(=O)O)C(=O)O. The fraction of sp³-hybridized carbons (Fsp3) is 0.600. The number of carboxylic acid groups (broad SMARTS) is 16. The molecule has 0 fully saturated rings. The molecule has 714 valence electrons. The number of carbonyl (C=O) groups is 28. The van der Waals surface area contributed by atoms with Gasteiger partial charge in [-0.2, -0.15) is 0 Å². The summed E-state index contributed by atoms with van der Waals surface area (Å²) in [5.41, 5.74) is 0. The lowest BCUT2D eigenvalue weighted by atomic mass is 10.1. The Hall–Kier alpha value is -14.9. The molecule has 0 spiro atoms. The summed E-state index contributed by atoms with van der Waals surface area (Å²) in [6.45, 7) is -8.01. The summed E-state index contributed by atoms with van der Waals surface area (Å²) in [6.07, 6.45) is -22.3. The molecular weight excluding hydrogens is 1740 g/mol. The van der Waals surface area contributed by atoms with Crippen molar-refractivity contribution in [2.24, 2.45) is 0 Å². The van der Waals surface area contributed by atoms with E-state index in [2.05, 4.69) is 21.3 Å². The molecule has 0 aromatic carbocycles. The first-order valence-electron chi connectivity index (χ1n) is 38.2. The van der Waals surface area contributed by atoms with Crippen molar-refractivity contribution >= 4 is 166 Å². The number of hydrogen-bond acceptors (Lipinski definition) is 30. The number of nitrogens with one attached hydrogen (secondary N) is 12. The van der Waals surface area contributed by atoms with Gasteiger partial charge in [-0.3, -0.25) is 106 Å². The van der Waals surface area contributed by atoms with Gasteiger partial charge in [0.05, 0.1) is 26.2 Å². The Bertz CT molecular complexity index is 3580. The molecule has 0 bridgehead atoms. The first-order valence-corrected chi connectivity index (χ1v) is 38.2. The van der Waals surface area contributed by atoms with Crippen molar-refractivity contribution in [3.63, 3.8) is 0 Å². The van der Waals surface area contributed by atoms with Crippen LogP contribution in [0.15, 0.2) is 0 Å². The van der Waals surface area contributed by atoms with E-state index in [1.807, 2.05) is 42.5 Å². The van der Waals surface area contributed by atoms with E-state index in [-0.39, 0.29) is 0 Å². The summed E-state index contributed by atoms with van der Waals surface area (Å²) < 4.78 is 0. The van der Waals surface area contributed by atoms with Crippen molar-refractivity contribution in [2.45, 2.75) is 227 Å². The number of carboxylic acids is 16. The lowest BCUT2D eigenvalue weighted by Crippen LogP contribution is -2.56. The van der Waals surface area contributed by atoms with Gasteiger partial charge in [0.1, 0.15) is 72.5 Å². The molecule has 58 nitrogen and oxygen atoms in total. The number of carbonyl (C=O) groups excluding carboxylic acids is 12. The van der Waals surface area contributed by atoms with Gasteiger partial charge < -0.3 is 146 Å². The van der Waals surface area contributed by atoms with Crippen molar-refractivity contribution in [3.8, 4) is 0 Å². The molecule has 58 heteroatoms. The summed E-state index contributed by atoms with van der Waals surface area (Å²) in [4.78, 5) is 359. The van der Waals surface area contributed by atoms with E-state index in [0.29, 0.717) is 9.80 Å². The lowest BCUT2D eigenvalue weighted by molar-refractivity contribution is -0.144. The molecule has 12 amide bonds. The normalized spacial score (nSPS) is 13.7. The van der Waals surface area contributed by atoms with Crippen LogP contribution in [0.25, 0.3) is 0 Å². The van der Waals surface area contributed by atoms with Gasteiger partial charge in [-0.25, -0.2) is 38.4 Å². The maximum absolute atomic E-state index is 14.7. The second-order valence-corrected chi connectivity index (χ2v) is 27.9. The molecule has 0 saturated carbocycles. The first-order chi connectivity index (χ1) is 59.6. The standard InChI is InChI=1S/C70H100N14O44/c85-43(75-35(63(113)114)5-17-51(93)94)13-1-31(59(109)79-39(67(121)122)9-21-55(101)102)71-47(89)27-83(28-48(90)72-32(60(110)80-40(68(123)124)10-22-56(103)104)2-14-44(86)76-36(64(115)116)6-18-52(95)96)25-26-84(29-49(91)73-33(61(111)81-41(69(125)126)11-23-57(105)106)3-15-45(87)77-37(65(117)118)7-19-53(97)98)30-50(92)74-34(62(112)82-42(70(127)128)12-24-58(107)108)4-16-46(88)78-38(66(119)120)8-20-54(99)100/h31-42H,1-30H2,(H,71,89)(H,72,90)(H,73,91)(H,74,92)(H,75,85)(H,76,86)(H,77,87)(H,78,88)(H,79,109)(H,80,110)(H,81,111)(H,82,112)(H,93,94)(H,95,96)(H,97,98)(H,99,100)(H,101,102)(H,103,104)(H,105,106)(H,107,108)(H,113,114)(H,115,116)(H,117,118)(H,119,120)(H,121,122)(H,123,124)(H,125,126)(H,127,128). The highest BCUT2D eigenvalue weighted by atomic mass is 16.4. The highest BCUT2D eigenvalue weighted by molar-refractivity contribution is 5.97. The third-order valence-corrected chi connectivity index (χ3v) is 17.6. The zero-order valence-electron chi connectivity index (χ0n) is 67.6. The van der Waals surface area contributed by atoms with E-state index in [0.717, 1.165) is 0 Å². The molecule has 0 heterocycles. The molecule has 128 heavy (non-hydrogen) atoms. The third kappa shape index (κ3) is 51.2. The van der Waals surface area contributed by atoms with Crippen LogP contribution in [0.4, 0.5) is 0 Å². The number of aliphatic carboxylic acids is 16. The minimum absolute atomic E-state index is 0.591. The third-order valence-electron chi connectivity index (χ3n) is 17.6. The van der Waals surface area contributed by atoms with Crippen molar-refractivity contribution in [1.29, 1.82) is 0 Å². The molecule has 0 aliphatic carbocycles. The van der Waals surface area contributed by atoms with Gasteiger partial charge in [-0.15, -0.1) is 0 Å². The first kappa shape index (κ1) is 113. The van der Waals surface area contributed by atoms with Crippen LogP contribution in [0.3, 0.4) is 0 Å². The van der Waals surface area contributed by atoms with Crippen LogP contribution in [0, 0.1) is 0 Å². The Morgan fingerprint density at radius 1 is 0.156 bits per heavy atom. The second kappa shape index (κ2) is 59.0. The molecule has 0 aromatic heterocycles. The van der Waals surface area contributed by atoms with Gasteiger partial charge in [0.25, 0.3) is 0 Å². The average molecular weight is 1840 g/mol. The van der Waals surface area contributed by atoms with Crippen LogP contribution >= 0.6 is 0 Å². The van der Waals surface area contributed by atoms with Gasteiger partial charge in [0, 0.05) is 90.1 Å². The summed E-state index contributed by atoms with van der Waals surface area (Å²) in [7, 11) is 0. The van der Waals surface area contributed by atoms with E-state index in [1.54, 1.807) is 0 Å². The van der Waals surface area contributed by atoms with Gasteiger partial charge in [-0.05, 0) is 77.0 Å². The van der Waals surface area contributed by atoms with Crippen LogP contribution in [0.2, 0.25) is 0 Å². The summed E-state index contributed by atoms with van der Waals surface area (Å²) in [5, 5.41) is 176. The van der Waals surface area contributed by atoms with Gasteiger partial charge in [0.2, 0.25) is 70.9 Å². The maximum atomic E-state index is 14.7. The van der Waals surface area contributed by atoms with Crippen molar-refractivity contribution < 1.29 is 216 Å². The van der Waals surface area contributed by atoms with Crippen LogP contribution < -0.4 is 63.8 Å². The molecule has 0 rings (SSSR count). The van der Waals surface area contributed by atoms with Gasteiger partial charge >= 0.3 is 95.5 Å². The lowest BCUT2D eigenvalue weighted by Gasteiger charge is -2.29. The van der Waals surface area contributed by atoms with E-state index < -0.39 is 432 Å². The van der Waals surface area contributed by atoms with Crippen molar-refractivity contribution in [3.05, 3.63) is 0 Å². The molecule has 12 unspecified atom stereocenters. The highest BCUT2D eigenvalue weighted by Crippen LogP contribution is 2.13. The predicted octanol–water partition coefficient (Wildman–Crippen LogP) is -9.88. The average Bonchev–Trinajstić information content (AvgIpc) is 0.871. The topological polar surface area (TPSA) is 952 Å². The Kier molecular flexibility index (Phi) is 52.1. The minimum Gasteiger partial charge on any atom is -0.481 e. The van der Waals surface area contributed by atoms with E-state index in [1.165, 1.54) is 0 Å². The summed E-state index contributed by atoms with van der Waals surface area (Å²) in [6, 6.07) is -25.5. The molecule has 12 atom stereocenters.